The van der Waals surface area contributed by atoms with Crippen molar-refractivity contribution >= 4 is 12.0 Å². The Labute approximate surface area is 126 Å². The van der Waals surface area contributed by atoms with Gasteiger partial charge in [0.1, 0.15) is 12.9 Å². The maximum atomic E-state index is 10.9. The number of piperidine rings is 1. The second kappa shape index (κ2) is 7.88. The second-order valence-electron chi connectivity index (χ2n) is 5.24. The largest absolute Gasteiger partial charge is 0.490 e. The molecule has 2 N–H and O–H groups in total. The predicted molar refractivity (Wildman–Crippen MR) is 83.2 cm³/mol. The molecule has 5 heteroatoms. The average Bonchev–Trinajstić information content (AvgIpc) is 2.51. The van der Waals surface area contributed by atoms with Crippen molar-refractivity contribution in [1.82, 2.24) is 4.90 Å². The molecule has 0 unspecified atom stereocenters. The number of anilines is 1. The zero-order valence-corrected chi connectivity index (χ0v) is 12.6. The summed E-state index contributed by atoms with van der Waals surface area (Å²) in [5.41, 5.74) is 6.92. The molecule has 1 heterocycles. The van der Waals surface area contributed by atoms with E-state index in [-0.39, 0.29) is 0 Å². The van der Waals surface area contributed by atoms with Crippen LogP contribution >= 0.6 is 0 Å². The summed E-state index contributed by atoms with van der Waals surface area (Å²) in [7, 11) is 0. The van der Waals surface area contributed by atoms with E-state index in [0.717, 1.165) is 25.9 Å². The van der Waals surface area contributed by atoms with Crippen molar-refractivity contribution in [3.8, 4) is 11.5 Å². The predicted octanol–water partition coefficient (Wildman–Crippen LogP) is 2.34. The third-order valence-corrected chi connectivity index (χ3v) is 3.64. The molecule has 0 atom stereocenters. The zero-order valence-electron chi connectivity index (χ0n) is 12.6. The lowest BCUT2D eigenvalue weighted by Gasteiger charge is -2.26. The molecular weight excluding hydrogens is 268 g/mol. The molecular formula is C16H24N2O3. The van der Waals surface area contributed by atoms with Crippen LogP contribution in [0.25, 0.3) is 0 Å². The van der Waals surface area contributed by atoms with Gasteiger partial charge in [0.05, 0.1) is 12.3 Å². The standard InChI is InChI=1S/C16H24N2O3/c1-2-20-15-11-13(12-19)10-14(17)16(15)21-9-8-18-6-4-3-5-7-18/h10-12H,2-9,17H2,1H3. The number of ether oxygens (including phenoxy) is 2. The van der Waals surface area contributed by atoms with Crippen molar-refractivity contribution in [3.63, 3.8) is 0 Å². The van der Waals surface area contributed by atoms with Crippen molar-refractivity contribution in [2.24, 2.45) is 0 Å². The summed E-state index contributed by atoms with van der Waals surface area (Å²) in [6.07, 6.45) is 4.61. The third-order valence-electron chi connectivity index (χ3n) is 3.64. The van der Waals surface area contributed by atoms with E-state index in [0.29, 0.717) is 36.0 Å². The summed E-state index contributed by atoms with van der Waals surface area (Å²) in [6, 6.07) is 3.29. The van der Waals surface area contributed by atoms with Gasteiger partial charge >= 0.3 is 0 Å². The van der Waals surface area contributed by atoms with Crippen LogP contribution in [0, 0.1) is 0 Å². The summed E-state index contributed by atoms with van der Waals surface area (Å²) in [4.78, 5) is 13.3. The Morgan fingerprint density at radius 1 is 1.24 bits per heavy atom. The molecule has 21 heavy (non-hydrogen) atoms. The van der Waals surface area contributed by atoms with E-state index in [4.69, 9.17) is 15.2 Å². The molecule has 1 aliphatic heterocycles. The minimum atomic E-state index is 0.446. The number of aldehydes is 1. The number of hydrogen-bond acceptors (Lipinski definition) is 5. The normalized spacial score (nSPS) is 15.7. The van der Waals surface area contributed by atoms with Gasteiger partial charge in [0.25, 0.3) is 0 Å². The van der Waals surface area contributed by atoms with Crippen LogP contribution in [0.2, 0.25) is 0 Å². The number of hydrogen-bond donors (Lipinski definition) is 1. The lowest BCUT2D eigenvalue weighted by molar-refractivity contribution is 0.112. The van der Waals surface area contributed by atoms with Crippen LogP contribution in [0.5, 0.6) is 11.5 Å². The number of likely N-dealkylation sites (tertiary alicyclic amines) is 1. The summed E-state index contributed by atoms with van der Waals surface area (Å²) in [5, 5.41) is 0. The molecule has 0 spiro atoms. The molecule has 0 amide bonds. The molecule has 5 nitrogen and oxygen atoms in total. The van der Waals surface area contributed by atoms with Gasteiger partial charge < -0.3 is 15.2 Å². The molecule has 0 aromatic heterocycles. The zero-order chi connectivity index (χ0) is 15.1. The lowest BCUT2D eigenvalue weighted by Crippen LogP contribution is -2.33. The van der Waals surface area contributed by atoms with Crippen LogP contribution in [-0.2, 0) is 0 Å². The van der Waals surface area contributed by atoms with E-state index in [1.54, 1.807) is 12.1 Å². The van der Waals surface area contributed by atoms with Gasteiger partial charge in [0, 0.05) is 12.1 Å². The van der Waals surface area contributed by atoms with Crippen LogP contribution < -0.4 is 15.2 Å². The number of rotatable bonds is 7. The first kappa shape index (κ1) is 15.6. The first-order chi connectivity index (χ1) is 10.2. The number of nitrogens with two attached hydrogens (primary N) is 1. The van der Waals surface area contributed by atoms with E-state index in [1.165, 1.54) is 19.3 Å². The molecule has 1 saturated heterocycles. The SMILES string of the molecule is CCOc1cc(C=O)cc(N)c1OCCN1CCCCC1. The van der Waals surface area contributed by atoms with Crippen molar-refractivity contribution in [2.75, 3.05) is 38.6 Å². The van der Waals surface area contributed by atoms with E-state index >= 15 is 0 Å². The fourth-order valence-corrected chi connectivity index (χ4v) is 2.59. The number of carbonyl (C=O) groups is 1. The maximum absolute atomic E-state index is 10.9. The van der Waals surface area contributed by atoms with Crippen molar-refractivity contribution in [3.05, 3.63) is 17.7 Å². The topological polar surface area (TPSA) is 64.8 Å². The highest BCUT2D eigenvalue weighted by atomic mass is 16.5. The van der Waals surface area contributed by atoms with Gasteiger partial charge in [-0.3, -0.25) is 9.69 Å². The molecule has 0 saturated carbocycles. The first-order valence-electron chi connectivity index (χ1n) is 7.61. The fraction of sp³-hybridized carbons (Fsp3) is 0.562. The quantitative estimate of drug-likeness (QED) is 0.617. The Morgan fingerprint density at radius 3 is 2.67 bits per heavy atom. The van der Waals surface area contributed by atoms with E-state index in [1.807, 2.05) is 6.92 Å². The van der Waals surface area contributed by atoms with Crippen molar-refractivity contribution < 1.29 is 14.3 Å². The lowest BCUT2D eigenvalue weighted by atomic mass is 10.1. The molecule has 0 aliphatic carbocycles. The van der Waals surface area contributed by atoms with E-state index in [9.17, 15) is 4.79 Å². The smallest absolute Gasteiger partial charge is 0.184 e. The maximum Gasteiger partial charge on any atom is 0.184 e. The molecule has 1 aromatic carbocycles. The fourth-order valence-electron chi connectivity index (χ4n) is 2.59. The van der Waals surface area contributed by atoms with Gasteiger partial charge in [-0.15, -0.1) is 0 Å². The highest BCUT2D eigenvalue weighted by Gasteiger charge is 2.14. The molecule has 0 bridgehead atoms. The minimum absolute atomic E-state index is 0.446. The number of carbonyl (C=O) groups excluding carboxylic acids is 1. The first-order valence-corrected chi connectivity index (χ1v) is 7.61. The highest BCUT2D eigenvalue weighted by molar-refractivity contribution is 5.80. The Balaban J connectivity index is 1.98. The van der Waals surface area contributed by atoms with Gasteiger partial charge in [-0.2, -0.15) is 0 Å². The van der Waals surface area contributed by atoms with E-state index in [2.05, 4.69) is 4.90 Å². The van der Waals surface area contributed by atoms with Gasteiger partial charge in [-0.05, 0) is 45.0 Å². The van der Waals surface area contributed by atoms with Crippen LogP contribution in [0.15, 0.2) is 12.1 Å². The number of benzene rings is 1. The van der Waals surface area contributed by atoms with Crippen molar-refractivity contribution in [1.29, 1.82) is 0 Å². The molecule has 1 aliphatic rings. The summed E-state index contributed by atoms with van der Waals surface area (Å²) < 4.78 is 11.3. The summed E-state index contributed by atoms with van der Waals surface area (Å²) >= 11 is 0. The van der Waals surface area contributed by atoms with Crippen LogP contribution in [-0.4, -0.2) is 44.0 Å². The Bertz CT molecular complexity index is 471. The minimum Gasteiger partial charge on any atom is -0.490 e. The highest BCUT2D eigenvalue weighted by Crippen LogP contribution is 2.34. The number of nitrogen functional groups attached to an aromatic ring is 1. The average molecular weight is 292 g/mol. The molecule has 2 rings (SSSR count). The summed E-state index contributed by atoms with van der Waals surface area (Å²) in [5.74, 6) is 1.08. The Hall–Kier alpha value is -1.75. The van der Waals surface area contributed by atoms with Crippen LogP contribution in [0.1, 0.15) is 36.5 Å². The van der Waals surface area contributed by atoms with Gasteiger partial charge in [0.15, 0.2) is 11.5 Å². The Morgan fingerprint density at radius 2 is 2.00 bits per heavy atom. The third kappa shape index (κ3) is 4.36. The molecule has 116 valence electrons. The monoisotopic (exact) mass is 292 g/mol. The van der Waals surface area contributed by atoms with Gasteiger partial charge in [0.2, 0.25) is 0 Å². The molecule has 1 fully saturated rings. The van der Waals surface area contributed by atoms with Gasteiger partial charge in [-0.1, -0.05) is 6.42 Å². The van der Waals surface area contributed by atoms with Crippen LogP contribution in [0.3, 0.4) is 0 Å². The van der Waals surface area contributed by atoms with Crippen molar-refractivity contribution in [2.45, 2.75) is 26.2 Å². The van der Waals surface area contributed by atoms with Gasteiger partial charge in [-0.25, -0.2) is 0 Å². The molecule has 0 radical (unpaired) electrons. The van der Waals surface area contributed by atoms with Crippen LogP contribution in [0.4, 0.5) is 5.69 Å². The Kier molecular flexibility index (Phi) is 5.87. The van der Waals surface area contributed by atoms with E-state index < -0.39 is 0 Å². The second-order valence-corrected chi connectivity index (χ2v) is 5.24. The summed E-state index contributed by atoms with van der Waals surface area (Å²) in [6.45, 7) is 6.14. The number of nitrogens with zero attached hydrogens (tertiary/aromatic N) is 1. The molecule has 1 aromatic rings.